The van der Waals surface area contributed by atoms with Gasteiger partial charge in [0, 0.05) is 31.7 Å². The third-order valence-corrected chi connectivity index (χ3v) is 0. The zero-order chi connectivity index (χ0) is 3.58. The van der Waals surface area contributed by atoms with E-state index in [1.165, 1.54) is 0 Å². The molecule has 0 saturated carbocycles. The maximum Gasteiger partial charge on any atom is 0 e. The molecule has 0 aliphatic carbocycles. The molecule has 2 radical (unpaired) electrons. The number of hydrogen-bond acceptors (Lipinski definition) is 3. The van der Waals surface area contributed by atoms with Gasteiger partial charge < -0.3 is 20.5 Å². The number of carbonyl (C=O) groups excluding carboxylic acids is 1. The van der Waals surface area contributed by atoms with Gasteiger partial charge in [-0.05, 0) is 6.16 Å². The zero-order valence-electron chi connectivity index (χ0n) is 3.13. The Labute approximate surface area is 58.7 Å². The van der Waals surface area contributed by atoms with Crippen molar-refractivity contribution in [2.75, 3.05) is 0 Å². The largest absolute Gasteiger partial charge is 0.652 e. The van der Waals surface area contributed by atoms with Gasteiger partial charge in [0.25, 0.3) is 0 Å². The fourth-order valence-corrected chi connectivity index (χ4v) is 0. The second kappa shape index (κ2) is 16.6. The van der Waals surface area contributed by atoms with E-state index in [0.717, 1.165) is 0 Å². The Kier molecular flexibility index (Phi) is 65.3. The maximum atomic E-state index is 8.33. The van der Waals surface area contributed by atoms with E-state index in [0.29, 0.717) is 0 Å². The molecule has 0 aliphatic rings. The molecule has 7 heavy (non-hydrogen) atoms. The first-order chi connectivity index (χ1) is 1.73. The van der Waals surface area contributed by atoms with Crippen LogP contribution < -0.4 is 10.2 Å². The van der Waals surface area contributed by atoms with E-state index in [4.69, 9.17) is 15.0 Å². The first kappa shape index (κ1) is 27.6. The van der Waals surface area contributed by atoms with Crippen LogP contribution in [0.5, 0.6) is 0 Å². The van der Waals surface area contributed by atoms with E-state index in [1.807, 2.05) is 0 Å². The summed E-state index contributed by atoms with van der Waals surface area (Å²) in [5.41, 5.74) is 0. The number of carboxylic acid groups (broad SMARTS) is 2. The standard InChI is InChI=1S/CH2O3.H2O.O.Zr/c2-1(3)4;;;/h(H2,2,3,4);1H2;;/p-2. The molecule has 0 unspecified atom stereocenters. The predicted octanol–water partition coefficient (Wildman–Crippen LogP) is -3.39. The average Bonchev–Trinajstić information content (AvgIpc) is 0.811. The van der Waals surface area contributed by atoms with E-state index >= 15 is 0 Å². The molecule has 0 saturated heterocycles. The van der Waals surface area contributed by atoms with Crippen molar-refractivity contribution in [3.05, 3.63) is 0 Å². The van der Waals surface area contributed by atoms with Crippen LogP contribution in [0, 0.1) is 0 Å². The first-order valence-electron chi connectivity index (χ1n) is 0.612. The van der Waals surface area contributed by atoms with Crippen LogP contribution in [0.4, 0.5) is 4.79 Å². The molecule has 0 aromatic carbocycles. The molecule has 0 aliphatic heterocycles. The van der Waals surface area contributed by atoms with Crippen molar-refractivity contribution in [1.82, 2.24) is 0 Å². The molecule has 0 heterocycles. The topological polar surface area (TPSA) is 123 Å². The molecule has 5 nitrogen and oxygen atoms in total. The molecule has 2 N–H and O–H groups in total. The number of rotatable bonds is 0. The Morgan fingerprint density at radius 3 is 1.29 bits per heavy atom. The molecular formula is CH2O5Zr-2. The van der Waals surface area contributed by atoms with E-state index < -0.39 is 6.16 Å². The molecule has 0 amide bonds. The van der Waals surface area contributed by atoms with Gasteiger partial charge in [-0.3, -0.25) is 0 Å². The summed E-state index contributed by atoms with van der Waals surface area (Å²) >= 11 is 0. The summed E-state index contributed by atoms with van der Waals surface area (Å²) in [5.74, 6) is 0. The quantitative estimate of drug-likeness (QED) is 0.390. The Morgan fingerprint density at radius 2 is 1.29 bits per heavy atom. The van der Waals surface area contributed by atoms with Crippen LogP contribution in [0.1, 0.15) is 0 Å². The van der Waals surface area contributed by atoms with Gasteiger partial charge in [0.1, 0.15) is 0 Å². The molecule has 0 bridgehead atoms. The van der Waals surface area contributed by atoms with Gasteiger partial charge in [0.15, 0.2) is 0 Å². The van der Waals surface area contributed by atoms with E-state index in [2.05, 4.69) is 0 Å². The van der Waals surface area contributed by atoms with Gasteiger partial charge in [0.05, 0.1) is 0 Å². The van der Waals surface area contributed by atoms with Gasteiger partial charge in [-0.25, -0.2) is 0 Å². The van der Waals surface area contributed by atoms with Crippen LogP contribution in [-0.2, 0) is 31.7 Å². The van der Waals surface area contributed by atoms with Crippen molar-refractivity contribution < 1.29 is 52.2 Å². The molecule has 0 rings (SSSR count). The minimum Gasteiger partial charge on any atom is -0.652 e. The van der Waals surface area contributed by atoms with Crippen LogP contribution in [0.15, 0.2) is 0 Å². The van der Waals surface area contributed by atoms with Gasteiger partial charge in [-0.15, -0.1) is 0 Å². The minimum absolute atomic E-state index is 0. The smallest absolute Gasteiger partial charge is 0 e. The zero-order valence-corrected chi connectivity index (χ0v) is 5.59. The Morgan fingerprint density at radius 1 is 1.29 bits per heavy atom. The van der Waals surface area contributed by atoms with Crippen LogP contribution in [0.3, 0.4) is 0 Å². The predicted molar refractivity (Wildman–Crippen MR) is 9.70 cm³/mol. The number of hydrogen-bond donors (Lipinski definition) is 0. The Bertz CT molecular complexity index is 31.1. The summed E-state index contributed by atoms with van der Waals surface area (Å²) in [5, 5.41) is 16.7. The molecule has 42 valence electrons. The van der Waals surface area contributed by atoms with Crippen molar-refractivity contribution in [3.63, 3.8) is 0 Å². The molecule has 0 aromatic heterocycles. The molecule has 0 spiro atoms. The second-order valence-electron chi connectivity index (χ2n) is 0.250. The van der Waals surface area contributed by atoms with Crippen molar-refractivity contribution >= 4 is 6.16 Å². The third kappa shape index (κ3) is 18800. The molecule has 0 aromatic rings. The minimum atomic E-state index is -2.33. The molecule has 6 heteroatoms. The maximum absolute atomic E-state index is 8.33. The fourth-order valence-electron chi connectivity index (χ4n) is 0. The SMILES string of the molecule is O.O=C([O-])[O-].[O].[Zr]. The average molecular weight is 185 g/mol. The molecule has 0 fully saturated rings. The summed E-state index contributed by atoms with van der Waals surface area (Å²) < 4.78 is 0. The van der Waals surface area contributed by atoms with Gasteiger partial charge >= 0.3 is 0 Å². The Balaban J connectivity index is -0.0000000150. The summed E-state index contributed by atoms with van der Waals surface area (Å²) in [6, 6.07) is 0. The summed E-state index contributed by atoms with van der Waals surface area (Å²) in [7, 11) is 0. The summed E-state index contributed by atoms with van der Waals surface area (Å²) in [6.07, 6.45) is -2.33. The van der Waals surface area contributed by atoms with E-state index in [-0.39, 0.29) is 37.2 Å². The van der Waals surface area contributed by atoms with Crippen molar-refractivity contribution in [2.45, 2.75) is 0 Å². The van der Waals surface area contributed by atoms with E-state index in [1.54, 1.807) is 0 Å². The van der Waals surface area contributed by atoms with Crippen molar-refractivity contribution in [2.24, 2.45) is 0 Å². The van der Waals surface area contributed by atoms with Crippen LogP contribution in [0.2, 0.25) is 0 Å². The van der Waals surface area contributed by atoms with Gasteiger partial charge in [-0.2, -0.15) is 0 Å². The molecular weight excluding hydrogens is 183 g/mol. The summed E-state index contributed by atoms with van der Waals surface area (Å²) in [6.45, 7) is 0. The van der Waals surface area contributed by atoms with Gasteiger partial charge in [0.2, 0.25) is 0 Å². The van der Waals surface area contributed by atoms with E-state index in [9.17, 15) is 0 Å². The van der Waals surface area contributed by atoms with Crippen LogP contribution in [0.25, 0.3) is 0 Å². The Hall–Kier alpha value is 0.0731. The fraction of sp³-hybridized carbons (Fsp3) is 0. The second-order valence-corrected chi connectivity index (χ2v) is 0.250. The first-order valence-corrected chi connectivity index (χ1v) is 0.612. The third-order valence-electron chi connectivity index (χ3n) is 0. The van der Waals surface area contributed by atoms with Crippen LogP contribution >= 0.6 is 0 Å². The monoisotopic (exact) mass is 184 g/mol. The van der Waals surface area contributed by atoms with Crippen LogP contribution in [-0.4, -0.2) is 11.6 Å². The van der Waals surface area contributed by atoms with Crippen molar-refractivity contribution in [3.8, 4) is 0 Å². The number of carbonyl (C=O) groups is 1. The summed E-state index contributed by atoms with van der Waals surface area (Å²) in [4.78, 5) is 8.33. The normalized spacial score (nSPS) is 3.43. The van der Waals surface area contributed by atoms with Crippen molar-refractivity contribution in [1.29, 1.82) is 0 Å². The van der Waals surface area contributed by atoms with Gasteiger partial charge in [-0.1, -0.05) is 0 Å². The molecule has 0 atom stereocenters.